The number of rotatable bonds is 4. The Bertz CT molecular complexity index is 188. The molecule has 3 N–H and O–H groups in total. The first kappa shape index (κ1) is 10.5. The number of likely N-dealkylation sites (tertiary alicyclic amines) is 1. The Morgan fingerprint density at radius 2 is 2.15 bits per heavy atom. The van der Waals surface area contributed by atoms with E-state index in [4.69, 9.17) is 10.8 Å². The standard InChI is InChI=1S/C9H18N2O2/c1-6(2)8(3-9(12)13)11-4-7(10)5-11/h6-8H,3-5,10H2,1-2H3,(H,12,13). The van der Waals surface area contributed by atoms with Gasteiger partial charge in [-0.15, -0.1) is 0 Å². The molecule has 1 unspecified atom stereocenters. The highest BCUT2D eigenvalue weighted by Gasteiger charge is 2.32. The summed E-state index contributed by atoms with van der Waals surface area (Å²) < 4.78 is 0. The van der Waals surface area contributed by atoms with Crippen LogP contribution >= 0.6 is 0 Å². The van der Waals surface area contributed by atoms with Crippen molar-refractivity contribution < 1.29 is 9.90 Å². The van der Waals surface area contributed by atoms with Gasteiger partial charge in [-0.25, -0.2) is 0 Å². The third-order valence-corrected chi connectivity index (χ3v) is 2.56. The van der Waals surface area contributed by atoms with Crippen molar-refractivity contribution >= 4 is 5.97 Å². The van der Waals surface area contributed by atoms with E-state index in [1.807, 2.05) is 0 Å². The van der Waals surface area contributed by atoms with Gasteiger partial charge in [0.15, 0.2) is 0 Å². The molecular formula is C9H18N2O2. The third-order valence-electron chi connectivity index (χ3n) is 2.56. The summed E-state index contributed by atoms with van der Waals surface area (Å²) in [5.74, 6) is -0.345. The molecule has 0 saturated carbocycles. The lowest BCUT2D eigenvalue weighted by Crippen LogP contribution is -2.60. The van der Waals surface area contributed by atoms with Crippen LogP contribution in [0, 0.1) is 5.92 Å². The smallest absolute Gasteiger partial charge is 0.304 e. The zero-order valence-electron chi connectivity index (χ0n) is 8.23. The van der Waals surface area contributed by atoms with Gasteiger partial charge in [-0.2, -0.15) is 0 Å². The Labute approximate surface area is 78.7 Å². The minimum Gasteiger partial charge on any atom is -0.481 e. The summed E-state index contributed by atoms with van der Waals surface area (Å²) in [5.41, 5.74) is 5.65. The lowest BCUT2D eigenvalue weighted by atomic mass is 9.94. The van der Waals surface area contributed by atoms with Gasteiger partial charge in [0.1, 0.15) is 0 Å². The molecule has 0 bridgehead atoms. The molecule has 0 aromatic carbocycles. The van der Waals surface area contributed by atoms with Gasteiger partial charge in [-0.1, -0.05) is 13.8 Å². The van der Waals surface area contributed by atoms with Crippen LogP contribution in [0.25, 0.3) is 0 Å². The molecule has 1 fully saturated rings. The summed E-state index contributed by atoms with van der Waals surface area (Å²) in [4.78, 5) is 12.7. The maximum Gasteiger partial charge on any atom is 0.304 e. The molecule has 0 spiro atoms. The van der Waals surface area contributed by atoms with Crippen LogP contribution in [0.15, 0.2) is 0 Å². The van der Waals surface area contributed by atoms with Crippen LogP contribution < -0.4 is 5.73 Å². The molecule has 0 amide bonds. The molecule has 4 nitrogen and oxygen atoms in total. The Balaban J connectivity index is 2.43. The van der Waals surface area contributed by atoms with E-state index >= 15 is 0 Å². The number of nitrogens with two attached hydrogens (primary N) is 1. The molecule has 0 aliphatic carbocycles. The summed E-state index contributed by atoms with van der Waals surface area (Å²) in [6.07, 6.45) is 0.227. The molecule has 76 valence electrons. The molecule has 1 heterocycles. The van der Waals surface area contributed by atoms with Crippen molar-refractivity contribution in [2.24, 2.45) is 11.7 Å². The number of hydrogen-bond acceptors (Lipinski definition) is 3. The van der Waals surface area contributed by atoms with E-state index in [9.17, 15) is 4.79 Å². The molecule has 0 aromatic heterocycles. The van der Waals surface area contributed by atoms with Crippen molar-refractivity contribution in [3.05, 3.63) is 0 Å². The summed E-state index contributed by atoms with van der Waals surface area (Å²) in [6.45, 7) is 5.79. The topological polar surface area (TPSA) is 66.6 Å². The maximum absolute atomic E-state index is 10.6. The highest BCUT2D eigenvalue weighted by molar-refractivity contribution is 5.67. The monoisotopic (exact) mass is 186 g/mol. The second-order valence-electron chi connectivity index (χ2n) is 4.12. The number of hydrogen-bond donors (Lipinski definition) is 2. The molecular weight excluding hydrogens is 168 g/mol. The molecule has 1 rings (SSSR count). The molecule has 1 aliphatic rings. The van der Waals surface area contributed by atoms with Gasteiger partial charge in [0.05, 0.1) is 6.42 Å². The van der Waals surface area contributed by atoms with E-state index < -0.39 is 5.97 Å². The van der Waals surface area contributed by atoms with E-state index in [0.29, 0.717) is 5.92 Å². The second-order valence-corrected chi connectivity index (χ2v) is 4.12. The predicted molar refractivity (Wildman–Crippen MR) is 50.4 cm³/mol. The summed E-state index contributed by atoms with van der Waals surface area (Å²) in [7, 11) is 0. The number of nitrogens with zero attached hydrogens (tertiary/aromatic N) is 1. The zero-order chi connectivity index (χ0) is 10.0. The fourth-order valence-electron chi connectivity index (χ4n) is 1.79. The minimum atomic E-state index is -0.723. The molecule has 4 heteroatoms. The average molecular weight is 186 g/mol. The molecule has 1 aliphatic heterocycles. The fourth-order valence-corrected chi connectivity index (χ4v) is 1.79. The number of carboxylic acids is 1. The molecule has 13 heavy (non-hydrogen) atoms. The Morgan fingerprint density at radius 1 is 1.62 bits per heavy atom. The first-order valence-corrected chi connectivity index (χ1v) is 4.72. The van der Waals surface area contributed by atoms with Gasteiger partial charge >= 0.3 is 5.97 Å². The van der Waals surface area contributed by atoms with Crippen molar-refractivity contribution in [2.45, 2.75) is 32.4 Å². The van der Waals surface area contributed by atoms with E-state index in [-0.39, 0.29) is 18.5 Å². The van der Waals surface area contributed by atoms with E-state index in [1.165, 1.54) is 0 Å². The molecule has 0 aromatic rings. The van der Waals surface area contributed by atoms with Crippen LogP contribution in [0.2, 0.25) is 0 Å². The second kappa shape index (κ2) is 4.07. The van der Waals surface area contributed by atoms with Crippen LogP contribution in [0.1, 0.15) is 20.3 Å². The SMILES string of the molecule is CC(C)C(CC(=O)O)N1CC(N)C1. The summed E-state index contributed by atoms with van der Waals surface area (Å²) >= 11 is 0. The normalized spacial score (nSPS) is 21.5. The summed E-state index contributed by atoms with van der Waals surface area (Å²) in [5, 5.41) is 8.71. The average Bonchev–Trinajstić information content (AvgIpc) is 1.94. The van der Waals surface area contributed by atoms with Crippen molar-refractivity contribution in [1.29, 1.82) is 0 Å². The van der Waals surface area contributed by atoms with Crippen LogP contribution in [-0.4, -0.2) is 41.1 Å². The van der Waals surface area contributed by atoms with E-state index in [1.54, 1.807) is 0 Å². The molecule has 1 saturated heterocycles. The van der Waals surface area contributed by atoms with Crippen molar-refractivity contribution in [1.82, 2.24) is 4.90 Å². The Hall–Kier alpha value is -0.610. The number of carboxylic acid groups (broad SMARTS) is 1. The molecule has 0 radical (unpaired) electrons. The van der Waals surface area contributed by atoms with Crippen LogP contribution in [0.4, 0.5) is 0 Å². The van der Waals surface area contributed by atoms with Crippen molar-refractivity contribution in [3.63, 3.8) is 0 Å². The van der Waals surface area contributed by atoms with Gasteiger partial charge < -0.3 is 10.8 Å². The predicted octanol–water partition coefficient (Wildman–Crippen LogP) is 0.129. The minimum absolute atomic E-state index is 0.150. The fraction of sp³-hybridized carbons (Fsp3) is 0.889. The third kappa shape index (κ3) is 2.67. The van der Waals surface area contributed by atoms with Crippen molar-refractivity contribution in [3.8, 4) is 0 Å². The summed E-state index contributed by atoms with van der Waals surface area (Å²) in [6, 6.07) is 0.396. The highest BCUT2D eigenvalue weighted by atomic mass is 16.4. The Kier molecular flexibility index (Phi) is 3.27. The first-order chi connectivity index (χ1) is 6.00. The highest BCUT2D eigenvalue weighted by Crippen LogP contribution is 2.20. The quantitative estimate of drug-likeness (QED) is 0.655. The molecule has 1 atom stereocenters. The van der Waals surface area contributed by atoms with Gasteiger partial charge in [0, 0.05) is 25.2 Å². The van der Waals surface area contributed by atoms with E-state index in [0.717, 1.165) is 13.1 Å². The van der Waals surface area contributed by atoms with Crippen LogP contribution in [-0.2, 0) is 4.79 Å². The lowest BCUT2D eigenvalue weighted by molar-refractivity contribution is -0.139. The van der Waals surface area contributed by atoms with Crippen LogP contribution in [0.5, 0.6) is 0 Å². The van der Waals surface area contributed by atoms with Gasteiger partial charge in [0.25, 0.3) is 0 Å². The van der Waals surface area contributed by atoms with Gasteiger partial charge in [-0.3, -0.25) is 9.69 Å². The Morgan fingerprint density at radius 3 is 2.46 bits per heavy atom. The number of carbonyl (C=O) groups is 1. The largest absolute Gasteiger partial charge is 0.481 e. The van der Waals surface area contributed by atoms with Crippen LogP contribution in [0.3, 0.4) is 0 Å². The number of aliphatic carboxylic acids is 1. The van der Waals surface area contributed by atoms with Gasteiger partial charge in [0.2, 0.25) is 0 Å². The lowest BCUT2D eigenvalue weighted by Gasteiger charge is -2.43. The first-order valence-electron chi connectivity index (χ1n) is 4.72. The zero-order valence-corrected chi connectivity index (χ0v) is 8.23. The van der Waals surface area contributed by atoms with E-state index in [2.05, 4.69) is 18.7 Å². The maximum atomic E-state index is 10.6. The van der Waals surface area contributed by atoms with Crippen molar-refractivity contribution in [2.75, 3.05) is 13.1 Å². The van der Waals surface area contributed by atoms with Gasteiger partial charge in [-0.05, 0) is 5.92 Å².